The van der Waals surface area contributed by atoms with Gasteiger partial charge in [0.1, 0.15) is 0 Å². The predicted molar refractivity (Wildman–Crippen MR) is 80.3 cm³/mol. The van der Waals surface area contributed by atoms with Gasteiger partial charge >= 0.3 is 0 Å². The second-order valence-corrected chi connectivity index (χ2v) is 6.96. The Hall–Kier alpha value is -0.950. The highest BCUT2D eigenvalue weighted by atomic mass is 32.2. The zero-order chi connectivity index (χ0) is 15.0. The van der Waals surface area contributed by atoms with Crippen molar-refractivity contribution in [1.82, 2.24) is 5.32 Å². The highest BCUT2D eigenvalue weighted by Gasteiger charge is 2.06. The van der Waals surface area contributed by atoms with Gasteiger partial charge in [0.2, 0.25) is 0 Å². The van der Waals surface area contributed by atoms with Gasteiger partial charge in [-0.05, 0) is 30.5 Å². The lowest BCUT2D eigenvalue weighted by Crippen LogP contribution is -2.33. The summed E-state index contributed by atoms with van der Waals surface area (Å²) in [4.78, 5) is 0.345. The SMILES string of the molecule is COCCCC(N)CNCc1ccc(S(C)(=O)=O)cc1. The van der Waals surface area contributed by atoms with E-state index >= 15 is 0 Å². The summed E-state index contributed by atoms with van der Waals surface area (Å²) in [7, 11) is -1.43. The Morgan fingerprint density at radius 3 is 2.50 bits per heavy atom. The molecule has 0 aromatic heterocycles. The van der Waals surface area contributed by atoms with Gasteiger partial charge in [0, 0.05) is 39.1 Å². The van der Waals surface area contributed by atoms with Crippen molar-refractivity contribution in [2.45, 2.75) is 30.3 Å². The van der Waals surface area contributed by atoms with Crippen LogP contribution in [0.4, 0.5) is 0 Å². The number of sulfone groups is 1. The Balaban J connectivity index is 2.32. The summed E-state index contributed by atoms with van der Waals surface area (Å²) in [6.07, 6.45) is 3.09. The highest BCUT2D eigenvalue weighted by molar-refractivity contribution is 7.90. The first-order valence-corrected chi connectivity index (χ1v) is 8.57. The molecule has 0 saturated heterocycles. The molecule has 20 heavy (non-hydrogen) atoms. The molecular formula is C14H24N2O3S. The van der Waals surface area contributed by atoms with Gasteiger partial charge < -0.3 is 15.8 Å². The van der Waals surface area contributed by atoms with Crippen LogP contribution in [0.2, 0.25) is 0 Å². The Morgan fingerprint density at radius 1 is 1.30 bits per heavy atom. The van der Waals surface area contributed by atoms with Crippen LogP contribution in [-0.4, -0.2) is 41.0 Å². The molecule has 0 spiro atoms. The molecule has 0 aliphatic rings. The molecule has 0 bridgehead atoms. The molecule has 1 aromatic rings. The molecule has 0 aliphatic carbocycles. The monoisotopic (exact) mass is 300 g/mol. The first kappa shape index (κ1) is 17.1. The van der Waals surface area contributed by atoms with Gasteiger partial charge in [-0.25, -0.2) is 8.42 Å². The summed E-state index contributed by atoms with van der Waals surface area (Å²) in [6.45, 7) is 2.15. The maximum atomic E-state index is 11.3. The minimum absolute atomic E-state index is 0.112. The van der Waals surface area contributed by atoms with E-state index in [0.29, 0.717) is 11.4 Å². The van der Waals surface area contributed by atoms with Crippen molar-refractivity contribution in [1.29, 1.82) is 0 Å². The normalized spacial score (nSPS) is 13.3. The summed E-state index contributed by atoms with van der Waals surface area (Å²) < 4.78 is 27.6. The van der Waals surface area contributed by atoms with Crippen LogP contribution < -0.4 is 11.1 Å². The molecule has 1 unspecified atom stereocenters. The van der Waals surface area contributed by atoms with Gasteiger partial charge in [0.25, 0.3) is 0 Å². The maximum Gasteiger partial charge on any atom is 0.175 e. The van der Waals surface area contributed by atoms with E-state index in [-0.39, 0.29) is 6.04 Å². The molecule has 0 radical (unpaired) electrons. The molecule has 1 aromatic carbocycles. The highest BCUT2D eigenvalue weighted by Crippen LogP contribution is 2.10. The standard InChI is InChI=1S/C14H24N2O3S/c1-19-9-3-4-13(15)11-16-10-12-5-7-14(8-6-12)20(2,17)18/h5-8,13,16H,3-4,9-11,15H2,1-2H3. The van der Waals surface area contributed by atoms with Gasteiger partial charge in [-0.3, -0.25) is 0 Å². The molecule has 1 rings (SSSR count). The van der Waals surface area contributed by atoms with Crippen LogP contribution in [0.25, 0.3) is 0 Å². The number of benzene rings is 1. The van der Waals surface area contributed by atoms with Crippen molar-refractivity contribution in [2.75, 3.05) is 26.5 Å². The van der Waals surface area contributed by atoms with Crippen LogP contribution in [0.3, 0.4) is 0 Å². The third-order valence-electron chi connectivity index (χ3n) is 3.01. The number of methoxy groups -OCH3 is 1. The number of nitrogens with two attached hydrogens (primary N) is 1. The number of hydrogen-bond acceptors (Lipinski definition) is 5. The first-order chi connectivity index (χ1) is 9.43. The average Bonchev–Trinajstić information content (AvgIpc) is 2.38. The van der Waals surface area contributed by atoms with Crippen LogP contribution in [0.1, 0.15) is 18.4 Å². The van der Waals surface area contributed by atoms with E-state index in [1.807, 2.05) is 12.1 Å². The van der Waals surface area contributed by atoms with Crippen LogP contribution in [0.15, 0.2) is 29.2 Å². The number of nitrogens with one attached hydrogen (secondary N) is 1. The lowest BCUT2D eigenvalue weighted by atomic mass is 10.1. The maximum absolute atomic E-state index is 11.3. The first-order valence-electron chi connectivity index (χ1n) is 6.67. The summed E-state index contributed by atoms with van der Waals surface area (Å²) in [5.41, 5.74) is 7.01. The second-order valence-electron chi connectivity index (χ2n) is 4.94. The number of ether oxygens (including phenoxy) is 1. The van der Waals surface area contributed by atoms with Crippen LogP contribution in [0.5, 0.6) is 0 Å². The minimum atomic E-state index is -3.12. The van der Waals surface area contributed by atoms with Gasteiger partial charge in [0.15, 0.2) is 9.84 Å². The van der Waals surface area contributed by atoms with Crippen LogP contribution >= 0.6 is 0 Å². The van der Waals surface area contributed by atoms with Crippen molar-refractivity contribution in [3.05, 3.63) is 29.8 Å². The van der Waals surface area contributed by atoms with Crippen molar-refractivity contribution in [3.63, 3.8) is 0 Å². The zero-order valence-corrected chi connectivity index (χ0v) is 12.9. The second kappa shape index (κ2) is 8.36. The van der Waals surface area contributed by atoms with Crippen molar-refractivity contribution >= 4 is 9.84 Å². The largest absolute Gasteiger partial charge is 0.385 e. The molecule has 0 aliphatic heterocycles. The molecule has 0 heterocycles. The predicted octanol–water partition coefficient (Wildman–Crippen LogP) is 0.934. The van der Waals surface area contributed by atoms with Gasteiger partial charge in [-0.1, -0.05) is 12.1 Å². The summed E-state index contributed by atoms with van der Waals surface area (Å²) in [5, 5.41) is 3.27. The van der Waals surface area contributed by atoms with Crippen molar-refractivity contribution < 1.29 is 13.2 Å². The fraction of sp³-hybridized carbons (Fsp3) is 0.571. The van der Waals surface area contributed by atoms with Crippen molar-refractivity contribution in [2.24, 2.45) is 5.73 Å². The fourth-order valence-corrected chi connectivity index (χ4v) is 2.48. The molecule has 0 amide bonds. The third kappa shape index (κ3) is 6.47. The van der Waals surface area contributed by atoms with E-state index < -0.39 is 9.84 Å². The van der Waals surface area contributed by atoms with Crippen LogP contribution in [-0.2, 0) is 21.1 Å². The summed E-state index contributed by atoms with van der Waals surface area (Å²) in [6, 6.07) is 7.01. The molecule has 0 saturated carbocycles. The number of rotatable bonds is 9. The van der Waals surface area contributed by atoms with Gasteiger partial charge in [-0.2, -0.15) is 0 Å². The fourth-order valence-electron chi connectivity index (χ4n) is 1.85. The van der Waals surface area contributed by atoms with Crippen molar-refractivity contribution in [3.8, 4) is 0 Å². The van der Waals surface area contributed by atoms with E-state index in [4.69, 9.17) is 10.5 Å². The van der Waals surface area contributed by atoms with E-state index in [9.17, 15) is 8.42 Å². The Kier molecular flexibility index (Phi) is 7.15. The number of hydrogen-bond donors (Lipinski definition) is 2. The van der Waals surface area contributed by atoms with E-state index in [1.165, 1.54) is 6.26 Å². The van der Waals surface area contributed by atoms with E-state index in [2.05, 4.69) is 5.32 Å². The molecule has 114 valence electrons. The molecule has 3 N–H and O–H groups in total. The minimum Gasteiger partial charge on any atom is -0.385 e. The summed E-state index contributed by atoms with van der Waals surface area (Å²) in [5.74, 6) is 0. The zero-order valence-electron chi connectivity index (χ0n) is 12.1. The quantitative estimate of drug-likeness (QED) is 0.663. The van der Waals surface area contributed by atoms with E-state index in [1.54, 1.807) is 19.2 Å². The summed E-state index contributed by atoms with van der Waals surface area (Å²) >= 11 is 0. The lowest BCUT2D eigenvalue weighted by molar-refractivity contribution is 0.190. The smallest absolute Gasteiger partial charge is 0.175 e. The lowest BCUT2D eigenvalue weighted by Gasteiger charge is -2.12. The molecule has 1 atom stereocenters. The molecule has 6 heteroatoms. The Bertz CT molecular complexity index is 486. The van der Waals surface area contributed by atoms with E-state index in [0.717, 1.165) is 31.6 Å². The third-order valence-corrected chi connectivity index (χ3v) is 4.14. The van der Waals surface area contributed by atoms with Gasteiger partial charge in [-0.15, -0.1) is 0 Å². The Labute approximate surface area is 121 Å². The van der Waals surface area contributed by atoms with Crippen LogP contribution in [0, 0.1) is 0 Å². The topological polar surface area (TPSA) is 81.4 Å². The van der Waals surface area contributed by atoms with Gasteiger partial charge in [0.05, 0.1) is 4.90 Å². The molecular weight excluding hydrogens is 276 g/mol. The molecule has 0 fully saturated rings. The average molecular weight is 300 g/mol. The Morgan fingerprint density at radius 2 is 1.95 bits per heavy atom. The molecule has 5 nitrogen and oxygen atoms in total.